The molecule has 0 aromatic heterocycles. The van der Waals surface area contributed by atoms with Crippen LogP contribution in [0.25, 0.3) is 0 Å². The van der Waals surface area contributed by atoms with Gasteiger partial charge in [-0.3, -0.25) is 13.9 Å². The maximum absolute atomic E-state index is 14.1. The summed E-state index contributed by atoms with van der Waals surface area (Å²) in [5, 5.41) is 3.21. The molecule has 0 spiro atoms. The van der Waals surface area contributed by atoms with E-state index in [1.165, 1.54) is 30.2 Å². The minimum atomic E-state index is -4.21. The van der Waals surface area contributed by atoms with Gasteiger partial charge in [0.1, 0.15) is 18.3 Å². The van der Waals surface area contributed by atoms with E-state index in [0.717, 1.165) is 15.4 Å². The molecule has 0 fully saturated rings. The highest BCUT2D eigenvalue weighted by atomic mass is 35.5. The fraction of sp³-hybridized carbons (Fsp3) is 0.333. The van der Waals surface area contributed by atoms with Crippen LogP contribution in [0.4, 0.5) is 5.69 Å². The van der Waals surface area contributed by atoms with Crippen molar-refractivity contribution in [3.63, 3.8) is 0 Å². The Hall–Kier alpha value is -3.56. The van der Waals surface area contributed by atoms with E-state index >= 15 is 0 Å². The second kappa shape index (κ2) is 13.7. The van der Waals surface area contributed by atoms with Crippen molar-refractivity contribution in [2.45, 2.75) is 57.6 Å². The van der Waals surface area contributed by atoms with Crippen molar-refractivity contribution >= 4 is 39.1 Å². The maximum Gasteiger partial charge on any atom is 0.264 e. The molecule has 1 unspecified atom stereocenters. The lowest BCUT2D eigenvalue weighted by Crippen LogP contribution is -2.53. The normalized spacial score (nSPS) is 12.1. The van der Waals surface area contributed by atoms with Crippen molar-refractivity contribution in [2.24, 2.45) is 0 Å². The van der Waals surface area contributed by atoms with E-state index in [1.54, 1.807) is 30.3 Å². The van der Waals surface area contributed by atoms with Gasteiger partial charge < -0.3 is 15.0 Å². The topological polar surface area (TPSA) is 96.0 Å². The van der Waals surface area contributed by atoms with Gasteiger partial charge in [0.25, 0.3) is 10.0 Å². The second-order valence-electron chi connectivity index (χ2n) is 9.70. The third kappa shape index (κ3) is 7.55. The van der Waals surface area contributed by atoms with Crippen LogP contribution in [0, 0.1) is 6.92 Å². The number of sulfonamides is 1. The molecule has 0 heterocycles. The molecule has 1 N–H and O–H groups in total. The zero-order valence-electron chi connectivity index (χ0n) is 23.4. The van der Waals surface area contributed by atoms with E-state index in [4.69, 9.17) is 16.3 Å². The molecule has 0 radical (unpaired) electrons. The number of aryl methyl sites for hydroxylation is 1. The molecule has 40 heavy (non-hydrogen) atoms. The predicted molar refractivity (Wildman–Crippen MR) is 158 cm³/mol. The number of methoxy groups -OCH3 is 1. The third-order valence-electron chi connectivity index (χ3n) is 6.44. The van der Waals surface area contributed by atoms with Crippen LogP contribution in [0.2, 0.25) is 5.02 Å². The van der Waals surface area contributed by atoms with Gasteiger partial charge in [-0.05, 0) is 80.8 Å². The zero-order valence-corrected chi connectivity index (χ0v) is 25.0. The molecule has 10 heteroatoms. The Morgan fingerprint density at radius 1 is 1.00 bits per heavy atom. The zero-order chi connectivity index (χ0) is 29.4. The first-order chi connectivity index (χ1) is 19.0. The Morgan fingerprint density at radius 2 is 1.68 bits per heavy atom. The number of nitrogens with one attached hydrogen (secondary N) is 1. The van der Waals surface area contributed by atoms with Gasteiger partial charge in [0.05, 0.1) is 17.7 Å². The second-order valence-corrected chi connectivity index (χ2v) is 12.0. The van der Waals surface area contributed by atoms with Crippen molar-refractivity contribution in [3.05, 3.63) is 88.9 Å². The van der Waals surface area contributed by atoms with Crippen LogP contribution < -0.4 is 14.4 Å². The van der Waals surface area contributed by atoms with Crippen molar-refractivity contribution in [3.8, 4) is 5.75 Å². The number of carbonyl (C=O) groups excluding carboxylic acids is 2. The highest BCUT2D eigenvalue weighted by Crippen LogP contribution is 2.28. The summed E-state index contributed by atoms with van der Waals surface area (Å²) in [6.45, 7) is 7.06. The molecular weight excluding hydrogens is 550 g/mol. The first kappa shape index (κ1) is 31.0. The summed E-state index contributed by atoms with van der Waals surface area (Å²) in [5.41, 5.74) is 2.04. The van der Waals surface area contributed by atoms with Gasteiger partial charge in [-0.15, -0.1) is 0 Å². The van der Waals surface area contributed by atoms with Crippen LogP contribution in [-0.4, -0.2) is 50.9 Å². The number of amides is 2. The average Bonchev–Trinajstić information content (AvgIpc) is 2.92. The molecule has 0 aliphatic carbocycles. The minimum Gasteiger partial charge on any atom is -0.497 e. The van der Waals surface area contributed by atoms with E-state index in [-0.39, 0.29) is 29.1 Å². The monoisotopic (exact) mass is 585 g/mol. The smallest absolute Gasteiger partial charge is 0.264 e. The lowest BCUT2D eigenvalue weighted by Gasteiger charge is -2.34. The van der Waals surface area contributed by atoms with E-state index in [9.17, 15) is 18.0 Å². The Morgan fingerprint density at radius 3 is 2.25 bits per heavy atom. The van der Waals surface area contributed by atoms with Gasteiger partial charge in [-0.2, -0.15) is 0 Å². The van der Waals surface area contributed by atoms with Gasteiger partial charge in [-0.1, -0.05) is 48.9 Å². The van der Waals surface area contributed by atoms with E-state index < -0.39 is 28.5 Å². The van der Waals surface area contributed by atoms with Crippen LogP contribution >= 0.6 is 11.6 Å². The SMILES string of the molecule is CCC(C(=O)NC(C)C)N(Cc1ccccc1C)C(=O)CN(c1cccc(Cl)c1)S(=O)(=O)c1ccc(OC)cc1. The number of rotatable bonds is 12. The number of hydrogen-bond acceptors (Lipinski definition) is 5. The van der Waals surface area contributed by atoms with Crippen molar-refractivity contribution in [1.82, 2.24) is 10.2 Å². The van der Waals surface area contributed by atoms with Crippen LogP contribution in [0.1, 0.15) is 38.3 Å². The molecule has 0 saturated carbocycles. The summed E-state index contributed by atoms with van der Waals surface area (Å²) in [6, 6.07) is 18.9. The predicted octanol–water partition coefficient (Wildman–Crippen LogP) is 5.18. The molecule has 0 aliphatic heterocycles. The summed E-state index contributed by atoms with van der Waals surface area (Å²) in [6.07, 6.45) is 0.346. The fourth-order valence-electron chi connectivity index (χ4n) is 4.31. The van der Waals surface area contributed by atoms with Crippen molar-refractivity contribution < 1.29 is 22.7 Å². The molecule has 1 atom stereocenters. The summed E-state index contributed by atoms with van der Waals surface area (Å²) in [7, 11) is -2.72. The lowest BCUT2D eigenvalue weighted by atomic mass is 10.1. The molecule has 0 bridgehead atoms. The minimum absolute atomic E-state index is 0.0175. The molecule has 8 nitrogen and oxygen atoms in total. The molecule has 3 aromatic rings. The quantitative estimate of drug-likeness (QED) is 0.316. The summed E-state index contributed by atoms with van der Waals surface area (Å²) >= 11 is 6.23. The third-order valence-corrected chi connectivity index (χ3v) is 8.46. The van der Waals surface area contributed by atoms with Gasteiger partial charge in [0.15, 0.2) is 0 Å². The first-order valence-corrected chi connectivity index (χ1v) is 14.9. The van der Waals surface area contributed by atoms with Gasteiger partial charge in [0.2, 0.25) is 11.8 Å². The van der Waals surface area contributed by atoms with Gasteiger partial charge >= 0.3 is 0 Å². The van der Waals surface area contributed by atoms with Crippen LogP contribution in [-0.2, 0) is 26.2 Å². The highest BCUT2D eigenvalue weighted by Gasteiger charge is 2.34. The van der Waals surface area contributed by atoms with Crippen LogP contribution in [0.3, 0.4) is 0 Å². The standard InChI is InChI=1S/C30H36ClN3O5S/c1-6-28(30(36)32-21(2)3)33(19-23-11-8-7-10-22(23)4)29(35)20-34(25-13-9-12-24(31)18-25)40(37,38)27-16-14-26(39-5)15-17-27/h7-18,21,28H,6,19-20H2,1-5H3,(H,32,36). The van der Waals surface area contributed by atoms with Gasteiger partial charge in [-0.25, -0.2) is 8.42 Å². The largest absolute Gasteiger partial charge is 0.497 e. The number of benzene rings is 3. The Balaban J connectivity index is 2.08. The van der Waals surface area contributed by atoms with E-state index in [1.807, 2.05) is 52.0 Å². The molecular formula is C30H36ClN3O5S. The highest BCUT2D eigenvalue weighted by molar-refractivity contribution is 7.92. The van der Waals surface area contributed by atoms with Crippen molar-refractivity contribution in [1.29, 1.82) is 0 Å². The molecule has 0 saturated heterocycles. The summed E-state index contributed by atoms with van der Waals surface area (Å²) < 4.78 is 34.0. The molecule has 214 valence electrons. The Bertz CT molecular complexity index is 1430. The Kier molecular flexibility index (Phi) is 10.6. The number of hydrogen-bond donors (Lipinski definition) is 1. The van der Waals surface area contributed by atoms with Gasteiger partial charge in [0, 0.05) is 17.6 Å². The summed E-state index contributed by atoms with van der Waals surface area (Å²) in [4.78, 5) is 28.7. The number of nitrogens with zero attached hydrogens (tertiary/aromatic N) is 2. The van der Waals surface area contributed by atoms with Crippen molar-refractivity contribution in [2.75, 3.05) is 18.0 Å². The molecule has 0 aliphatic rings. The summed E-state index contributed by atoms with van der Waals surface area (Å²) in [5.74, 6) is -0.325. The molecule has 3 aromatic carbocycles. The maximum atomic E-state index is 14.1. The number of carbonyl (C=O) groups is 2. The molecule has 2 amide bonds. The lowest BCUT2D eigenvalue weighted by molar-refractivity contribution is -0.140. The number of anilines is 1. The van der Waals surface area contributed by atoms with Crippen LogP contribution in [0.15, 0.2) is 77.7 Å². The van der Waals surface area contributed by atoms with E-state index in [0.29, 0.717) is 17.2 Å². The number of ether oxygens (including phenoxy) is 1. The Labute approximate surface area is 241 Å². The van der Waals surface area contributed by atoms with E-state index in [2.05, 4.69) is 5.32 Å². The number of halogens is 1. The first-order valence-electron chi connectivity index (χ1n) is 13.0. The average molecular weight is 586 g/mol. The van der Waals surface area contributed by atoms with Crippen LogP contribution in [0.5, 0.6) is 5.75 Å². The fourth-order valence-corrected chi connectivity index (χ4v) is 5.90. The molecule has 3 rings (SSSR count).